The molecule has 4 heteroatoms. The van der Waals surface area contributed by atoms with Crippen LogP contribution < -0.4 is 10.6 Å². The Morgan fingerprint density at radius 2 is 2.40 bits per heavy atom. The average Bonchev–Trinajstić information content (AvgIpc) is 2.22. The number of nitrogens with zero attached hydrogens (tertiary/aromatic N) is 1. The van der Waals surface area contributed by atoms with E-state index in [-0.39, 0.29) is 0 Å². The predicted molar refractivity (Wildman–Crippen MR) is 66.0 cm³/mol. The third kappa shape index (κ3) is 2.92. The van der Waals surface area contributed by atoms with Gasteiger partial charge in [0.2, 0.25) is 0 Å². The molecule has 3 nitrogen and oxygen atoms in total. The Morgan fingerprint density at radius 1 is 1.53 bits per heavy atom. The summed E-state index contributed by atoms with van der Waals surface area (Å²) in [6.07, 6.45) is 6.13. The first-order valence-electron chi connectivity index (χ1n) is 5.36. The molecule has 0 radical (unpaired) electrons. The van der Waals surface area contributed by atoms with Crippen LogP contribution in [0.4, 0.5) is 5.69 Å². The third-order valence-corrected chi connectivity index (χ3v) is 3.25. The van der Waals surface area contributed by atoms with Gasteiger partial charge in [-0.05, 0) is 48.3 Å². The third-order valence-electron chi connectivity index (χ3n) is 2.82. The van der Waals surface area contributed by atoms with Crippen LogP contribution in [0.2, 0.25) is 0 Å². The molecule has 0 saturated carbocycles. The molecular weight excluding hydrogens is 254 g/mol. The fraction of sp³-hybridized carbons (Fsp3) is 0.545. The van der Waals surface area contributed by atoms with Crippen LogP contribution in [0.15, 0.2) is 22.9 Å². The van der Waals surface area contributed by atoms with Crippen molar-refractivity contribution >= 4 is 21.6 Å². The zero-order valence-corrected chi connectivity index (χ0v) is 10.4. The van der Waals surface area contributed by atoms with E-state index in [2.05, 4.69) is 44.5 Å². The molecule has 2 rings (SSSR count). The highest BCUT2D eigenvalue weighted by molar-refractivity contribution is 9.10. The summed E-state index contributed by atoms with van der Waals surface area (Å²) in [6.45, 7) is 3.36. The number of hydrogen-bond acceptors (Lipinski definition) is 3. The fourth-order valence-corrected chi connectivity index (χ4v) is 2.31. The molecule has 82 valence electrons. The van der Waals surface area contributed by atoms with Crippen molar-refractivity contribution in [3.05, 3.63) is 22.9 Å². The van der Waals surface area contributed by atoms with Crippen molar-refractivity contribution < 1.29 is 0 Å². The number of aromatic nitrogens is 1. The largest absolute Gasteiger partial charge is 0.379 e. The summed E-state index contributed by atoms with van der Waals surface area (Å²) in [5, 5.41) is 6.99. The van der Waals surface area contributed by atoms with E-state index in [1.807, 2.05) is 6.20 Å². The highest BCUT2D eigenvalue weighted by Gasteiger charge is 2.20. The van der Waals surface area contributed by atoms with Crippen LogP contribution in [0.5, 0.6) is 0 Å². The minimum Gasteiger partial charge on any atom is -0.379 e. The van der Waals surface area contributed by atoms with E-state index in [1.165, 1.54) is 12.8 Å². The molecule has 2 atom stereocenters. The van der Waals surface area contributed by atoms with Gasteiger partial charge in [0.1, 0.15) is 0 Å². The van der Waals surface area contributed by atoms with Crippen molar-refractivity contribution in [3.63, 3.8) is 0 Å². The van der Waals surface area contributed by atoms with Gasteiger partial charge in [-0.3, -0.25) is 4.98 Å². The molecule has 1 saturated heterocycles. The van der Waals surface area contributed by atoms with Crippen LogP contribution in [0.1, 0.15) is 19.8 Å². The van der Waals surface area contributed by atoms with Gasteiger partial charge in [0, 0.05) is 22.8 Å². The molecular formula is C11H16BrN3. The van der Waals surface area contributed by atoms with E-state index in [0.717, 1.165) is 16.7 Å². The molecule has 1 aliphatic rings. The lowest BCUT2D eigenvalue weighted by Crippen LogP contribution is -2.46. The van der Waals surface area contributed by atoms with Crippen molar-refractivity contribution in [2.24, 2.45) is 0 Å². The molecule has 1 aliphatic heterocycles. The zero-order valence-electron chi connectivity index (χ0n) is 8.83. The molecule has 1 aromatic heterocycles. The second-order valence-electron chi connectivity index (χ2n) is 4.03. The monoisotopic (exact) mass is 269 g/mol. The summed E-state index contributed by atoms with van der Waals surface area (Å²) in [6, 6.07) is 3.10. The summed E-state index contributed by atoms with van der Waals surface area (Å²) >= 11 is 3.42. The normalized spacial score (nSPS) is 26.3. The summed E-state index contributed by atoms with van der Waals surface area (Å²) in [4.78, 5) is 4.14. The van der Waals surface area contributed by atoms with Crippen molar-refractivity contribution in [1.29, 1.82) is 0 Å². The molecule has 2 heterocycles. The summed E-state index contributed by atoms with van der Waals surface area (Å²) in [5.74, 6) is 0. The Balaban J connectivity index is 2.01. The first kappa shape index (κ1) is 10.9. The van der Waals surface area contributed by atoms with E-state index in [0.29, 0.717) is 12.1 Å². The molecule has 0 aromatic carbocycles. The van der Waals surface area contributed by atoms with Crippen LogP contribution in [-0.4, -0.2) is 23.6 Å². The van der Waals surface area contributed by atoms with E-state index < -0.39 is 0 Å². The summed E-state index contributed by atoms with van der Waals surface area (Å²) in [7, 11) is 0. The van der Waals surface area contributed by atoms with Gasteiger partial charge in [0.05, 0.1) is 11.9 Å². The van der Waals surface area contributed by atoms with Gasteiger partial charge in [0.15, 0.2) is 0 Å². The number of nitrogens with one attached hydrogen (secondary N) is 2. The maximum atomic E-state index is 4.14. The van der Waals surface area contributed by atoms with E-state index in [4.69, 9.17) is 0 Å². The first-order valence-corrected chi connectivity index (χ1v) is 6.15. The molecule has 0 spiro atoms. The number of piperidine rings is 1. The lowest BCUT2D eigenvalue weighted by Gasteiger charge is -2.31. The van der Waals surface area contributed by atoms with E-state index in [9.17, 15) is 0 Å². The zero-order chi connectivity index (χ0) is 10.7. The first-order chi connectivity index (χ1) is 7.25. The average molecular weight is 270 g/mol. The quantitative estimate of drug-likeness (QED) is 0.866. The van der Waals surface area contributed by atoms with Crippen molar-refractivity contribution in [2.75, 3.05) is 11.9 Å². The minimum absolute atomic E-state index is 0.509. The fourth-order valence-electron chi connectivity index (χ4n) is 1.95. The number of halogens is 1. The van der Waals surface area contributed by atoms with Gasteiger partial charge >= 0.3 is 0 Å². The Kier molecular flexibility index (Phi) is 3.59. The lowest BCUT2D eigenvalue weighted by atomic mass is 10.00. The Bertz CT molecular complexity index is 329. The molecule has 2 N–H and O–H groups in total. The van der Waals surface area contributed by atoms with Crippen molar-refractivity contribution in [2.45, 2.75) is 31.8 Å². The Morgan fingerprint density at radius 3 is 3.13 bits per heavy atom. The molecule has 0 amide bonds. The van der Waals surface area contributed by atoms with Crippen molar-refractivity contribution in [1.82, 2.24) is 10.3 Å². The SMILES string of the molecule is CC1NCCCC1Nc1cncc(Br)c1. The number of rotatable bonds is 2. The van der Waals surface area contributed by atoms with Crippen molar-refractivity contribution in [3.8, 4) is 0 Å². The summed E-state index contributed by atoms with van der Waals surface area (Å²) in [5.41, 5.74) is 1.09. The van der Waals surface area contributed by atoms with E-state index >= 15 is 0 Å². The molecule has 0 aliphatic carbocycles. The van der Waals surface area contributed by atoms with Crippen LogP contribution in [0.25, 0.3) is 0 Å². The van der Waals surface area contributed by atoms with Gasteiger partial charge in [-0.2, -0.15) is 0 Å². The second kappa shape index (κ2) is 4.94. The molecule has 15 heavy (non-hydrogen) atoms. The highest BCUT2D eigenvalue weighted by atomic mass is 79.9. The van der Waals surface area contributed by atoms with Gasteiger partial charge in [-0.25, -0.2) is 0 Å². The minimum atomic E-state index is 0.509. The van der Waals surface area contributed by atoms with Gasteiger partial charge < -0.3 is 10.6 Å². The Labute approximate surface area is 98.8 Å². The van der Waals surface area contributed by atoms with Gasteiger partial charge in [-0.15, -0.1) is 0 Å². The van der Waals surface area contributed by atoms with Gasteiger partial charge in [-0.1, -0.05) is 0 Å². The smallest absolute Gasteiger partial charge is 0.0540 e. The maximum absolute atomic E-state index is 4.14. The second-order valence-corrected chi connectivity index (χ2v) is 4.94. The van der Waals surface area contributed by atoms with Crippen LogP contribution >= 0.6 is 15.9 Å². The van der Waals surface area contributed by atoms with Crippen LogP contribution in [0, 0.1) is 0 Å². The maximum Gasteiger partial charge on any atom is 0.0540 e. The molecule has 0 bridgehead atoms. The topological polar surface area (TPSA) is 37.0 Å². The van der Waals surface area contributed by atoms with E-state index in [1.54, 1.807) is 6.20 Å². The van der Waals surface area contributed by atoms with Crippen LogP contribution in [0.3, 0.4) is 0 Å². The van der Waals surface area contributed by atoms with Gasteiger partial charge in [0.25, 0.3) is 0 Å². The Hall–Kier alpha value is -0.610. The number of pyridine rings is 1. The number of hydrogen-bond donors (Lipinski definition) is 2. The molecule has 1 aromatic rings. The number of anilines is 1. The lowest BCUT2D eigenvalue weighted by molar-refractivity contribution is 0.389. The summed E-state index contributed by atoms with van der Waals surface area (Å²) < 4.78 is 1.02. The standard InChI is InChI=1S/C11H16BrN3/c1-8-11(3-2-4-14-8)15-10-5-9(12)6-13-7-10/h5-8,11,14-15H,2-4H2,1H3. The molecule has 2 unspecified atom stereocenters. The highest BCUT2D eigenvalue weighted by Crippen LogP contribution is 2.18. The van der Waals surface area contributed by atoms with Crippen LogP contribution in [-0.2, 0) is 0 Å². The predicted octanol–water partition coefficient (Wildman–Crippen LogP) is 2.40. The molecule has 1 fully saturated rings.